The van der Waals surface area contributed by atoms with E-state index < -0.39 is 0 Å². The van der Waals surface area contributed by atoms with Crippen LogP contribution in [0, 0.1) is 0 Å². The number of ether oxygens (including phenoxy) is 1. The van der Waals surface area contributed by atoms with E-state index in [-0.39, 0.29) is 30.3 Å². The van der Waals surface area contributed by atoms with E-state index in [0.717, 1.165) is 36.9 Å². The summed E-state index contributed by atoms with van der Waals surface area (Å²) in [4.78, 5) is 14.6. The summed E-state index contributed by atoms with van der Waals surface area (Å²) >= 11 is 0. The summed E-state index contributed by atoms with van der Waals surface area (Å²) in [5, 5.41) is 16.9. The van der Waals surface area contributed by atoms with Gasteiger partial charge >= 0.3 is 0 Å². The van der Waals surface area contributed by atoms with Crippen molar-refractivity contribution in [1.29, 1.82) is 0 Å². The number of fused-ring (bicyclic) bond motifs is 1. The molecular weight excluding hydrogens is 282 g/mol. The minimum atomic E-state index is -0.211. The Hall–Kier alpha value is -1.40. The summed E-state index contributed by atoms with van der Waals surface area (Å²) in [6, 6.07) is 0.193. The molecule has 2 atom stereocenters. The standard InChI is InChI=1S/C16H25N3O3/c1-9-8-13-14(10(2)22-9)17-18-15(13)16(21)19(3)11-4-6-12(20)7-5-11/h9-12,20H,4-8H2,1-3H3,(H,17,18)/t9-,10+,11?,12?/m1/s1. The summed E-state index contributed by atoms with van der Waals surface area (Å²) in [6.07, 6.45) is 3.79. The van der Waals surface area contributed by atoms with E-state index in [1.54, 1.807) is 4.90 Å². The Morgan fingerprint density at radius 2 is 2.00 bits per heavy atom. The number of carbonyl (C=O) groups is 1. The van der Waals surface area contributed by atoms with Crippen molar-refractivity contribution in [3.8, 4) is 0 Å². The molecule has 2 aliphatic rings. The first kappa shape index (κ1) is 15.5. The monoisotopic (exact) mass is 307 g/mol. The Morgan fingerprint density at radius 1 is 1.32 bits per heavy atom. The molecule has 2 heterocycles. The van der Waals surface area contributed by atoms with Crippen LogP contribution in [0.1, 0.15) is 67.4 Å². The van der Waals surface area contributed by atoms with Crippen LogP contribution >= 0.6 is 0 Å². The molecule has 0 spiro atoms. The van der Waals surface area contributed by atoms with Crippen LogP contribution in [0.4, 0.5) is 0 Å². The quantitative estimate of drug-likeness (QED) is 0.873. The second-order valence-electron chi connectivity index (χ2n) is 6.64. The third-order valence-electron chi connectivity index (χ3n) is 4.97. The van der Waals surface area contributed by atoms with E-state index in [1.807, 2.05) is 20.9 Å². The number of carbonyl (C=O) groups excluding carboxylic acids is 1. The normalized spacial score (nSPS) is 31.6. The molecule has 0 aromatic carbocycles. The zero-order valence-electron chi connectivity index (χ0n) is 13.5. The lowest BCUT2D eigenvalue weighted by molar-refractivity contribution is -0.00705. The van der Waals surface area contributed by atoms with Crippen LogP contribution in [-0.2, 0) is 11.2 Å². The molecule has 122 valence electrons. The predicted molar refractivity (Wildman–Crippen MR) is 81.6 cm³/mol. The third-order valence-corrected chi connectivity index (χ3v) is 4.97. The van der Waals surface area contributed by atoms with Crippen molar-refractivity contribution in [3.63, 3.8) is 0 Å². The summed E-state index contributed by atoms with van der Waals surface area (Å²) in [5.41, 5.74) is 2.46. The fourth-order valence-electron chi connectivity index (χ4n) is 3.63. The zero-order chi connectivity index (χ0) is 15.9. The Morgan fingerprint density at radius 3 is 2.68 bits per heavy atom. The Balaban J connectivity index is 1.78. The van der Waals surface area contributed by atoms with Crippen LogP contribution in [0.5, 0.6) is 0 Å². The number of rotatable bonds is 2. The molecule has 6 nitrogen and oxygen atoms in total. The van der Waals surface area contributed by atoms with E-state index >= 15 is 0 Å². The number of nitrogens with zero attached hydrogens (tertiary/aromatic N) is 2. The molecule has 0 unspecified atom stereocenters. The molecule has 1 saturated carbocycles. The molecule has 0 saturated heterocycles. The first-order valence-electron chi connectivity index (χ1n) is 8.15. The lowest BCUT2D eigenvalue weighted by Gasteiger charge is -2.33. The molecule has 6 heteroatoms. The Labute approximate surface area is 130 Å². The minimum Gasteiger partial charge on any atom is -0.393 e. The highest BCUT2D eigenvalue weighted by Crippen LogP contribution is 2.31. The lowest BCUT2D eigenvalue weighted by Crippen LogP contribution is -2.41. The van der Waals surface area contributed by atoms with Gasteiger partial charge in [-0.3, -0.25) is 9.89 Å². The van der Waals surface area contributed by atoms with Crippen molar-refractivity contribution in [1.82, 2.24) is 15.1 Å². The van der Waals surface area contributed by atoms with Gasteiger partial charge in [-0.15, -0.1) is 0 Å². The first-order chi connectivity index (χ1) is 10.5. The number of aromatic nitrogens is 2. The molecule has 0 bridgehead atoms. The van der Waals surface area contributed by atoms with Crippen molar-refractivity contribution in [2.45, 2.75) is 70.3 Å². The molecule has 1 aromatic heterocycles. The van der Waals surface area contributed by atoms with Crippen molar-refractivity contribution in [2.75, 3.05) is 7.05 Å². The number of H-pyrrole nitrogens is 1. The number of aliphatic hydroxyl groups excluding tert-OH is 1. The molecule has 1 amide bonds. The average Bonchev–Trinajstić information content (AvgIpc) is 2.90. The van der Waals surface area contributed by atoms with Gasteiger partial charge in [0, 0.05) is 25.1 Å². The van der Waals surface area contributed by atoms with Crippen LogP contribution in [0.2, 0.25) is 0 Å². The number of amides is 1. The van der Waals surface area contributed by atoms with Gasteiger partial charge < -0.3 is 14.7 Å². The van der Waals surface area contributed by atoms with Gasteiger partial charge in [0.15, 0.2) is 5.69 Å². The van der Waals surface area contributed by atoms with Crippen molar-refractivity contribution in [3.05, 3.63) is 17.0 Å². The van der Waals surface area contributed by atoms with Gasteiger partial charge in [0.2, 0.25) is 0 Å². The number of nitrogens with one attached hydrogen (secondary N) is 1. The number of hydrogen-bond acceptors (Lipinski definition) is 4. The second-order valence-corrected chi connectivity index (χ2v) is 6.64. The van der Waals surface area contributed by atoms with E-state index in [2.05, 4.69) is 10.2 Å². The Kier molecular flexibility index (Phi) is 4.23. The molecule has 22 heavy (non-hydrogen) atoms. The molecule has 1 aromatic rings. The molecule has 2 N–H and O–H groups in total. The number of hydrogen-bond donors (Lipinski definition) is 2. The van der Waals surface area contributed by atoms with Crippen molar-refractivity contribution >= 4 is 5.91 Å². The Bertz CT molecular complexity index is 549. The van der Waals surface area contributed by atoms with Crippen molar-refractivity contribution < 1.29 is 14.6 Å². The van der Waals surface area contributed by atoms with Crippen LogP contribution < -0.4 is 0 Å². The van der Waals surface area contributed by atoms with Crippen LogP contribution in [0.3, 0.4) is 0 Å². The maximum atomic E-state index is 12.8. The number of aliphatic hydroxyl groups is 1. The molecule has 1 aliphatic heterocycles. The zero-order valence-corrected chi connectivity index (χ0v) is 13.5. The predicted octanol–water partition coefficient (Wildman–Crippen LogP) is 1.81. The van der Waals surface area contributed by atoms with Crippen LogP contribution in [0.15, 0.2) is 0 Å². The topological polar surface area (TPSA) is 78.5 Å². The highest BCUT2D eigenvalue weighted by atomic mass is 16.5. The average molecular weight is 307 g/mol. The summed E-state index contributed by atoms with van der Waals surface area (Å²) in [5.74, 6) is -0.0276. The van der Waals surface area contributed by atoms with Crippen LogP contribution in [-0.4, -0.2) is 51.4 Å². The van der Waals surface area contributed by atoms with E-state index in [0.29, 0.717) is 12.1 Å². The number of aromatic amines is 1. The fourth-order valence-corrected chi connectivity index (χ4v) is 3.63. The summed E-state index contributed by atoms with van der Waals surface area (Å²) in [7, 11) is 1.85. The van der Waals surface area contributed by atoms with Gasteiger partial charge in [-0.1, -0.05) is 0 Å². The largest absolute Gasteiger partial charge is 0.393 e. The first-order valence-corrected chi connectivity index (χ1v) is 8.15. The minimum absolute atomic E-state index is 0.0276. The van der Waals surface area contributed by atoms with Gasteiger partial charge in [0.1, 0.15) is 0 Å². The van der Waals surface area contributed by atoms with Gasteiger partial charge in [0.05, 0.1) is 24.0 Å². The summed E-state index contributed by atoms with van der Waals surface area (Å²) < 4.78 is 5.77. The van der Waals surface area contributed by atoms with Crippen LogP contribution in [0.25, 0.3) is 0 Å². The molecule has 0 radical (unpaired) electrons. The van der Waals surface area contributed by atoms with Gasteiger partial charge in [-0.25, -0.2) is 0 Å². The molecule has 3 rings (SSSR count). The fraction of sp³-hybridized carbons (Fsp3) is 0.750. The third kappa shape index (κ3) is 2.77. The van der Waals surface area contributed by atoms with E-state index in [9.17, 15) is 9.90 Å². The highest BCUT2D eigenvalue weighted by molar-refractivity contribution is 5.94. The van der Waals surface area contributed by atoms with Gasteiger partial charge in [-0.2, -0.15) is 5.10 Å². The smallest absolute Gasteiger partial charge is 0.274 e. The summed E-state index contributed by atoms with van der Waals surface area (Å²) in [6.45, 7) is 4.00. The highest BCUT2D eigenvalue weighted by Gasteiger charge is 2.33. The molecular formula is C16H25N3O3. The van der Waals surface area contributed by atoms with Gasteiger partial charge in [-0.05, 0) is 39.5 Å². The van der Waals surface area contributed by atoms with Crippen molar-refractivity contribution in [2.24, 2.45) is 0 Å². The molecule has 1 aliphatic carbocycles. The maximum absolute atomic E-state index is 12.8. The second kappa shape index (κ2) is 6.01. The van der Waals surface area contributed by atoms with E-state index in [1.165, 1.54) is 0 Å². The SMILES string of the molecule is C[C@@H]1Cc2c(C(=O)N(C)C3CCC(O)CC3)n[nH]c2[C@H](C)O1. The van der Waals surface area contributed by atoms with Gasteiger partial charge in [0.25, 0.3) is 5.91 Å². The maximum Gasteiger partial charge on any atom is 0.274 e. The lowest BCUT2D eigenvalue weighted by atomic mass is 9.91. The van der Waals surface area contributed by atoms with E-state index in [4.69, 9.17) is 4.74 Å². The molecule has 1 fully saturated rings.